The van der Waals surface area contributed by atoms with Gasteiger partial charge in [-0.25, -0.2) is 15.4 Å². The highest BCUT2D eigenvalue weighted by Gasteiger charge is 2.32. The lowest BCUT2D eigenvalue weighted by Gasteiger charge is -2.14. The molecule has 2 aliphatic heterocycles. The van der Waals surface area contributed by atoms with Gasteiger partial charge >= 0.3 is 0 Å². The zero-order valence-corrected chi connectivity index (χ0v) is 18.2. The molecule has 2 fully saturated rings. The second-order valence-electron chi connectivity index (χ2n) is 8.87. The van der Waals surface area contributed by atoms with E-state index >= 15 is 0 Å². The molecule has 0 atom stereocenters. The van der Waals surface area contributed by atoms with Gasteiger partial charge in [-0.3, -0.25) is 4.79 Å². The Kier molecular flexibility index (Phi) is 5.68. The molecule has 0 radical (unpaired) electrons. The average Bonchev–Trinajstić information content (AvgIpc) is 3.21. The number of aryl methyl sites for hydroxylation is 1. The summed E-state index contributed by atoms with van der Waals surface area (Å²) >= 11 is 0. The highest BCUT2D eigenvalue weighted by molar-refractivity contribution is 6.32. The summed E-state index contributed by atoms with van der Waals surface area (Å²) in [6, 6.07) is 1.76. The molecular weight excluding hydrogens is 388 g/mol. The molecule has 2 aromatic rings. The standard InChI is InChI=1S/C24H30N6O/c1-16-18(7-2-3-12-30-13-4-5-14-30)21(17-8-9-17)20(27-16)15-19-22(28-29-24(19)31)23-25-10-6-11-26-23/h6,10-11,15,17,27H,2-5,7-9,12-14H2,1H3,(H,29,31). The average molecular weight is 419 g/mol. The van der Waals surface area contributed by atoms with Crippen LogP contribution >= 0.6 is 0 Å². The van der Waals surface area contributed by atoms with E-state index in [0.717, 1.165) is 12.1 Å². The van der Waals surface area contributed by atoms with Gasteiger partial charge in [0.25, 0.3) is 5.91 Å². The number of amides is 1. The number of carbonyl (C=O) groups excluding carboxylic acids is 1. The molecule has 4 heterocycles. The Bertz CT molecular complexity index is 1010. The number of H-pyrrole nitrogens is 1. The van der Waals surface area contributed by atoms with Crippen molar-refractivity contribution in [3.63, 3.8) is 0 Å². The maximum Gasteiger partial charge on any atom is 0.273 e. The summed E-state index contributed by atoms with van der Waals surface area (Å²) in [7, 11) is 0. The maximum absolute atomic E-state index is 12.5. The molecule has 0 aromatic carbocycles. The predicted molar refractivity (Wildman–Crippen MR) is 121 cm³/mol. The van der Waals surface area contributed by atoms with E-state index < -0.39 is 0 Å². The van der Waals surface area contributed by atoms with E-state index in [1.807, 2.05) is 6.08 Å². The van der Waals surface area contributed by atoms with Gasteiger partial charge in [0, 0.05) is 23.8 Å². The van der Waals surface area contributed by atoms with Gasteiger partial charge in [-0.15, -0.1) is 0 Å². The number of unbranched alkanes of at least 4 members (excludes halogenated alkanes) is 1. The zero-order valence-electron chi connectivity index (χ0n) is 18.2. The molecule has 2 N–H and O–H groups in total. The fraction of sp³-hybridized carbons (Fsp3) is 0.500. The maximum atomic E-state index is 12.5. The van der Waals surface area contributed by atoms with E-state index in [-0.39, 0.29) is 5.91 Å². The van der Waals surface area contributed by atoms with Crippen LogP contribution in [0, 0.1) is 6.92 Å². The lowest BCUT2D eigenvalue weighted by molar-refractivity contribution is -0.116. The first-order valence-electron chi connectivity index (χ1n) is 11.5. The number of hydrogen-bond donors (Lipinski definition) is 2. The van der Waals surface area contributed by atoms with E-state index in [1.165, 1.54) is 75.0 Å². The van der Waals surface area contributed by atoms with E-state index in [9.17, 15) is 4.79 Å². The monoisotopic (exact) mass is 418 g/mol. The first kappa shape index (κ1) is 20.1. The lowest BCUT2D eigenvalue weighted by atomic mass is 9.97. The highest BCUT2D eigenvalue weighted by Crippen LogP contribution is 2.45. The molecule has 1 saturated carbocycles. The third-order valence-corrected chi connectivity index (χ3v) is 6.56. The van der Waals surface area contributed by atoms with Gasteiger partial charge < -0.3 is 9.88 Å². The van der Waals surface area contributed by atoms with E-state index in [2.05, 4.69) is 37.3 Å². The zero-order chi connectivity index (χ0) is 21.2. The number of likely N-dealkylation sites (tertiary alicyclic amines) is 1. The number of aromatic nitrogens is 3. The van der Waals surface area contributed by atoms with Crippen molar-refractivity contribution in [3.05, 3.63) is 52.4 Å². The van der Waals surface area contributed by atoms with Crippen LogP contribution in [-0.2, 0) is 11.2 Å². The van der Waals surface area contributed by atoms with Crippen LogP contribution in [-0.4, -0.2) is 51.1 Å². The van der Waals surface area contributed by atoms with Gasteiger partial charge in [0.2, 0.25) is 0 Å². The van der Waals surface area contributed by atoms with Crippen LogP contribution in [0.25, 0.3) is 6.08 Å². The van der Waals surface area contributed by atoms with Crippen LogP contribution in [0.2, 0.25) is 0 Å². The van der Waals surface area contributed by atoms with E-state index in [0.29, 0.717) is 23.0 Å². The molecule has 162 valence electrons. The van der Waals surface area contributed by atoms with Crippen molar-refractivity contribution >= 4 is 17.7 Å². The molecule has 0 spiro atoms. The summed E-state index contributed by atoms with van der Waals surface area (Å²) in [4.78, 5) is 27.2. The Morgan fingerprint density at radius 3 is 2.68 bits per heavy atom. The van der Waals surface area contributed by atoms with Crippen molar-refractivity contribution in [1.29, 1.82) is 0 Å². The van der Waals surface area contributed by atoms with Gasteiger partial charge in [0.1, 0.15) is 5.71 Å². The van der Waals surface area contributed by atoms with Crippen molar-refractivity contribution in [2.75, 3.05) is 19.6 Å². The summed E-state index contributed by atoms with van der Waals surface area (Å²) in [6.45, 7) is 5.92. The van der Waals surface area contributed by atoms with E-state index in [4.69, 9.17) is 0 Å². The van der Waals surface area contributed by atoms with Gasteiger partial charge in [0.05, 0.1) is 5.57 Å². The second-order valence-corrected chi connectivity index (χ2v) is 8.87. The number of hydrogen-bond acceptors (Lipinski definition) is 5. The SMILES string of the molecule is Cc1[nH]c(C=C2C(=O)NN=C2c2ncccn2)c(C2CC2)c1CCCCN1CCCC1. The summed E-state index contributed by atoms with van der Waals surface area (Å²) in [5, 5.41) is 4.19. The summed E-state index contributed by atoms with van der Waals surface area (Å²) < 4.78 is 0. The molecule has 5 rings (SSSR count). The Labute approximate surface area is 183 Å². The number of hydrazone groups is 1. The van der Waals surface area contributed by atoms with E-state index in [1.54, 1.807) is 18.5 Å². The Hall–Kier alpha value is -2.80. The molecule has 31 heavy (non-hydrogen) atoms. The van der Waals surface area contributed by atoms with Gasteiger partial charge in [-0.1, -0.05) is 0 Å². The molecule has 3 aliphatic rings. The molecule has 7 heteroatoms. The number of rotatable bonds is 8. The summed E-state index contributed by atoms with van der Waals surface area (Å²) in [6.07, 6.45) is 14.0. The number of nitrogens with zero attached hydrogens (tertiary/aromatic N) is 4. The quantitative estimate of drug-likeness (QED) is 0.509. The largest absolute Gasteiger partial charge is 0.359 e. The van der Waals surface area contributed by atoms with Crippen molar-refractivity contribution in [2.45, 2.75) is 57.8 Å². The fourth-order valence-electron chi connectivity index (χ4n) is 4.83. The Morgan fingerprint density at radius 1 is 1.16 bits per heavy atom. The van der Waals surface area contributed by atoms with Crippen LogP contribution < -0.4 is 5.43 Å². The van der Waals surface area contributed by atoms with Gasteiger partial charge in [0.15, 0.2) is 5.82 Å². The van der Waals surface area contributed by atoms with Crippen LogP contribution in [0.15, 0.2) is 29.1 Å². The Balaban J connectivity index is 1.37. The molecule has 0 unspecified atom stereocenters. The first-order chi connectivity index (χ1) is 15.2. The highest BCUT2D eigenvalue weighted by atomic mass is 16.2. The van der Waals surface area contributed by atoms with Crippen LogP contribution in [0.5, 0.6) is 0 Å². The third kappa shape index (κ3) is 4.32. The molecule has 1 aliphatic carbocycles. The minimum absolute atomic E-state index is 0.205. The minimum atomic E-state index is -0.205. The number of carbonyl (C=O) groups is 1. The van der Waals surface area contributed by atoms with Crippen LogP contribution in [0.4, 0.5) is 0 Å². The number of nitrogens with one attached hydrogen (secondary N) is 2. The van der Waals surface area contributed by atoms with Gasteiger partial charge in [-0.05, 0) is 101 Å². The summed E-state index contributed by atoms with van der Waals surface area (Å²) in [5.41, 5.74) is 8.73. The van der Waals surface area contributed by atoms with Crippen molar-refractivity contribution in [1.82, 2.24) is 25.3 Å². The van der Waals surface area contributed by atoms with Crippen molar-refractivity contribution in [2.24, 2.45) is 5.10 Å². The van der Waals surface area contributed by atoms with Crippen molar-refractivity contribution < 1.29 is 4.79 Å². The lowest BCUT2D eigenvalue weighted by Crippen LogP contribution is -2.20. The molecule has 1 amide bonds. The topological polar surface area (TPSA) is 86.3 Å². The molecule has 7 nitrogen and oxygen atoms in total. The second kappa shape index (κ2) is 8.75. The number of aromatic amines is 1. The molecule has 1 saturated heterocycles. The molecular formula is C24H30N6O. The van der Waals surface area contributed by atoms with Crippen molar-refractivity contribution in [3.8, 4) is 0 Å². The molecule has 2 aromatic heterocycles. The predicted octanol–water partition coefficient (Wildman–Crippen LogP) is 3.33. The van der Waals surface area contributed by atoms with Gasteiger partial charge in [-0.2, -0.15) is 5.10 Å². The first-order valence-corrected chi connectivity index (χ1v) is 11.5. The van der Waals surface area contributed by atoms with Crippen LogP contribution in [0.3, 0.4) is 0 Å². The summed E-state index contributed by atoms with van der Waals surface area (Å²) in [5.74, 6) is 0.859. The minimum Gasteiger partial charge on any atom is -0.359 e. The fourth-order valence-corrected chi connectivity index (χ4v) is 4.83. The smallest absolute Gasteiger partial charge is 0.273 e. The third-order valence-electron chi connectivity index (χ3n) is 6.56. The molecule has 0 bridgehead atoms. The Morgan fingerprint density at radius 2 is 1.94 bits per heavy atom. The normalized spacial score (nSPS) is 20.5. The van der Waals surface area contributed by atoms with Crippen LogP contribution in [0.1, 0.15) is 72.8 Å².